The molecule has 3 rings (SSSR count). The van der Waals surface area contributed by atoms with Crippen LogP contribution < -0.4 is 10.4 Å². The molecule has 1 heterocycles. The molecule has 0 spiro atoms. The normalized spacial score (nSPS) is 19.2. The van der Waals surface area contributed by atoms with Crippen molar-refractivity contribution in [1.29, 1.82) is 0 Å². The summed E-state index contributed by atoms with van der Waals surface area (Å²) in [6, 6.07) is 25.2. The van der Waals surface area contributed by atoms with E-state index in [4.69, 9.17) is 0 Å². The van der Waals surface area contributed by atoms with Crippen LogP contribution >= 0.6 is 15.9 Å². The van der Waals surface area contributed by atoms with Gasteiger partial charge in [0.15, 0.2) is 0 Å². The average molecular weight is 331 g/mol. The van der Waals surface area contributed by atoms with Crippen molar-refractivity contribution in [3.05, 3.63) is 60.7 Å². The molecule has 0 radical (unpaired) electrons. The molecule has 0 amide bonds. The highest BCUT2D eigenvalue weighted by Gasteiger charge is 2.39. The van der Waals surface area contributed by atoms with Crippen molar-refractivity contribution in [2.24, 2.45) is 0 Å². The monoisotopic (exact) mass is 330 g/mol. The smallest absolute Gasteiger partial charge is 0.0891 e. The first-order chi connectivity index (χ1) is 9.31. The highest BCUT2D eigenvalue weighted by atomic mass is 79.9. The molecule has 1 aliphatic rings. The van der Waals surface area contributed by atoms with Gasteiger partial charge in [0.2, 0.25) is 0 Å². The highest BCUT2D eigenvalue weighted by molar-refractivity contribution is 9.09. The zero-order chi connectivity index (χ0) is 13.1. The van der Waals surface area contributed by atoms with Crippen molar-refractivity contribution in [1.82, 2.24) is 0 Å². The summed E-state index contributed by atoms with van der Waals surface area (Å²) in [5.74, 6) is 0. The fraction of sp³-hybridized carbons (Fsp3) is 0.294. The van der Waals surface area contributed by atoms with Gasteiger partial charge in [0, 0.05) is 4.83 Å². The number of halogens is 1. The van der Waals surface area contributed by atoms with Gasteiger partial charge in [-0.05, 0) is 24.9 Å². The van der Waals surface area contributed by atoms with Crippen LogP contribution in [0.2, 0.25) is 12.1 Å². The van der Waals surface area contributed by atoms with Crippen molar-refractivity contribution in [3.8, 4) is 0 Å². The maximum absolute atomic E-state index is 3.81. The minimum absolute atomic E-state index is 0.723. The standard InChI is InChI=1S/C17H19BrSi/c18-15-11-13-19(14-12-15,16-7-3-1-4-8-16)17-9-5-2-6-10-17/h1-10,15H,11-14H2. The highest BCUT2D eigenvalue weighted by Crippen LogP contribution is 2.32. The van der Waals surface area contributed by atoms with Crippen molar-refractivity contribution < 1.29 is 0 Å². The lowest BCUT2D eigenvalue weighted by molar-refractivity contribution is 0.750. The topological polar surface area (TPSA) is 0 Å². The van der Waals surface area contributed by atoms with E-state index >= 15 is 0 Å². The lowest BCUT2D eigenvalue weighted by atomic mass is 10.3. The number of rotatable bonds is 2. The van der Waals surface area contributed by atoms with E-state index in [1.807, 2.05) is 0 Å². The Labute approximate surface area is 125 Å². The minimum Gasteiger partial charge on any atom is -0.0891 e. The summed E-state index contributed by atoms with van der Waals surface area (Å²) in [6.07, 6.45) is 2.63. The van der Waals surface area contributed by atoms with Crippen LogP contribution in [0.25, 0.3) is 0 Å². The van der Waals surface area contributed by atoms with E-state index in [1.165, 1.54) is 24.9 Å². The van der Waals surface area contributed by atoms with E-state index in [0.29, 0.717) is 0 Å². The molecule has 0 atom stereocenters. The fourth-order valence-corrected chi connectivity index (χ4v) is 9.72. The molecule has 0 nitrogen and oxygen atoms in total. The number of hydrogen-bond donors (Lipinski definition) is 0. The van der Waals surface area contributed by atoms with E-state index in [-0.39, 0.29) is 0 Å². The third kappa shape index (κ3) is 2.56. The van der Waals surface area contributed by atoms with E-state index in [9.17, 15) is 0 Å². The van der Waals surface area contributed by atoms with Crippen LogP contribution in [0.15, 0.2) is 60.7 Å². The van der Waals surface area contributed by atoms with E-state index in [1.54, 1.807) is 10.4 Å². The largest absolute Gasteiger partial charge is 0.118 e. The molecule has 2 aromatic carbocycles. The third-order valence-corrected chi connectivity index (χ3v) is 10.5. The van der Waals surface area contributed by atoms with Gasteiger partial charge in [0.25, 0.3) is 0 Å². The first-order valence-electron chi connectivity index (χ1n) is 7.06. The summed E-state index contributed by atoms with van der Waals surface area (Å²) in [5.41, 5.74) is 0. The van der Waals surface area contributed by atoms with Crippen LogP contribution in [0.4, 0.5) is 0 Å². The molecular formula is C17H19BrSi. The van der Waals surface area contributed by atoms with Crippen LogP contribution in [-0.2, 0) is 0 Å². The summed E-state index contributed by atoms with van der Waals surface area (Å²) in [7, 11) is -1.51. The first kappa shape index (κ1) is 13.1. The SMILES string of the molecule is BrC1CC[Si](c2ccccc2)(c2ccccc2)CC1. The Balaban J connectivity index is 2.06. The molecule has 0 aliphatic carbocycles. The second-order valence-electron chi connectivity index (χ2n) is 5.49. The van der Waals surface area contributed by atoms with Crippen LogP contribution in [0, 0.1) is 0 Å². The van der Waals surface area contributed by atoms with Gasteiger partial charge in [0.1, 0.15) is 8.07 Å². The van der Waals surface area contributed by atoms with Crippen molar-refractivity contribution in [3.63, 3.8) is 0 Å². The van der Waals surface area contributed by atoms with Gasteiger partial charge in [-0.25, -0.2) is 0 Å². The summed E-state index contributed by atoms with van der Waals surface area (Å²) >= 11 is 3.81. The van der Waals surface area contributed by atoms with Gasteiger partial charge >= 0.3 is 0 Å². The molecule has 1 saturated heterocycles. The fourth-order valence-electron chi connectivity index (χ4n) is 3.33. The Morgan fingerprint density at radius 2 is 1.16 bits per heavy atom. The van der Waals surface area contributed by atoms with Gasteiger partial charge in [-0.2, -0.15) is 0 Å². The second-order valence-corrected chi connectivity index (χ2v) is 11.1. The average Bonchev–Trinajstić information content (AvgIpc) is 2.50. The van der Waals surface area contributed by atoms with Gasteiger partial charge < -0.3 is 0 Å². The Bertz CT molecular complexity index is 474. The predicted molar refractivity (Wildman–Crippen MR) is 89.5 cm³/mol. The number of hydrogen-bond acceptors (Lipinski definition) is 0. The third-order valence-electron chi connectivity index (χ3n) is 4.42. The quantitative estimate of drug-likeness (QED) is 0.580. The van der Waals surface area contributed by atoms with Gasteiger partial charge in [-0.3, -0.25) is 0 Å². The molecule has 19 heavy (non-hydrogen) atoms. The molecular weight excluding hydrogens is 312 g/mol. The van der Waals surface area contributed by atoms with E-state index in [2.05, 4.69) is 76.6 Å². The van der Waals surface area contributed by atoms with Crippen molar-refractivity contribution in [2.45, 2.75) is 29.8 Å². The Morgan fingerprint density at radius 1 is 0.737 bits per heavy atom. The summed E-state index contributed by atoms with van der Waals surface area (Å²) in [6.45, 7) is 0. The molecule has 0 saturated carbocycles. The molecule has 2 aromatic rings. The summed E-state index contributed by atoms with van der Waals surface area (Å²) in [5, 5.41) is 3.22. The Kier molecular flexibility index (Phi) is 3.90. The molecule has 0 bridgehead atoms. The van der Waals surface area contributed by atoms with Crippen LogP contribution in [0.3, 0.4) is 0 Å². The van der Waals surface area contributed by atoms with E-state index < -0.39 is 8.07 Å². The maximum Gasteiger partial charge on any atom is 0.118 e. The summed E-state index contributed by atoms with van der Waals surface area (Å²) in [4.78, 5) is 0.723. The Hall–Kier alpha value is -0.863. The predicted octanol–water partition coefficient (Wildman–Crippen LogP) is 3.81. The second kappa shape index (κ2) is 5.64. The van der Waals surface area contributed by atoms with Gasteiger partial charge in [-0.1, -0.05) is 87.0 Å². The summed E-state index contributed by atoms with van der Waals surface area (Å²) < 4.78 is 0. The van der Waals surface area contributed by atoms with Crippen LogP contribution in [0.1, 0.15) is 12.8 Å². The molecule has 0 aromatic heterocycles. The zero-order valence-electron chi connectivity index (χ0n) is 11.1. The van der Waals surface area contributed by atoms with Gasteiger partial charge in [0.05, 0.1) is 0 Å². The minimum atomic E-state index is -1.51. The molecule has 0 unspecified atom stereocenters. The number of alkyl halides is 1. The Morgan fingerprint density at radius 3 is 1.58 bits per heavy atom. The molecule has 98 valence electrons. The molecule has 0 N–H and O–H groups in total. The maximum atomic E-state index is 3.81. The van der Waals surface area contributed by atoms with Crippen molar-refractivity contribution >= 4 is 34.4 Å². The first-order valence-corrected chi connectivity index (χ1v) is 10.4. The molecule has 1 aliphatic heterocycles. The number of benzene rings is 2. The van der Waals surface area contributed by atoms with Crippen LogP contribution in [0.5, 0.6) is 0 Å². The lowest BCUT2D eigenvalue weighted by Gasteiger charge is -2.38. The zero-order valence-corrected chi connectivity index (χ0v) is 13.6. The van der Waals surface area contributed by atoms with E-state index in [0.717, 1.165) is 4.83 Å². The van der Waals surface area contributed by atoms with Gasteiger partial charge in [-0.15, -0.1) is 0 Å². The van der Waals surface area contributed by atoms with Crippen molar-refractivity contribution in [2.75, 3.05) is 0 Å². The lowest BCUT2D eigenvalue weighted by Crippen LogP contribution is -2.59. The van der Waals surface area contributed by atoms with Crippen LogP contribution in [-0.4, -0.2) is 12.9 Å². The molecule has 1 fully saturated rings. The molecule has 2 heteroatoms.